The van der Waals surface area contributed by atoms with Gasteiger partial charge in [0.05, 0.1) is 0 Å². The van der Waals surface area contributed by atoms with Crippen molar-refractivity contribution in [2.24, 2.45) is 5.84 Å². The van der Waals surface area contributed by atoms with Crippen molar-refractivity contribution in [2.45, 2.75) is 45.6 Å². The molecule has 6 nitrogen and oxygen atoms in total. The summed E-state index contributed by atoms with van der Waals surface area (Å²) >= 11 is 0. The first-order chi connectivity index (χ1) is 8.60. The van der Waals surface area contributed by atoms with Crippen molar-refractivity contribution in [3.05, 3.63) is 17.8 Å². The molecule has 1 heterocycles. The molecule has 100 valence electrons. The number of rotatable bonds is 6. The van der Waals surface area contributed by atoms with E-state index in [0.717, 1.165) is 19.3 Å². The Morgan fingerprint density at radius 1 is 1.22 bits per heavy atom. The monoisotopic (exact) mass is 251 g/mol. The minimum atomic E-state index is -0.198. The Balaban J connectivity index is 2.80. The van der Waals surface area contributed by atoms with Gasteiger partial charge in [0.2, 0.25) is 0 Å². The van der Waals surface area contributed by atoms with Crippen LogP contribution < -0.4 is 16.6 Å². The lowest BCUT2D eigenvalue weighted by atomic mass is 9.89. The average molecular weight is 251 g/mol. The first-order valence-corrected chi connectivity index (χ1v) is 6.23. The first-order valence-electron chi connectivity index (χ1n) is 6.23. The van der Waals surface area contributed by atoms with Crippen molar-refractivity contribution in [1.29, 1.82) is 0 Å². The maximum absolute atomic E-state index is 12.1. The Morgan fingerprint density at radius 3 is 2.22 bits per heavy atom. The highest BCUT2D eigenvalue weighted by atomic mass is 16.2. The molecule has 0 aliphatic rings. The summed E-state index contributed by atoms with van der Waals surface area (Å²) in [6.45, 7) is 6.21. The van der Waals surface area contributed by atoms with Gasteiger partial charge in [0.15, 0.2) is 11.5 Å². The molecule has 0 bridgehead atoms. The van der Waals surface area contributed by atoms with Crippen LogP contribution in [0.1, 0.15) is 50.5 Å². The molecule has 6 heteroatoms. The lowest BCUT2D eigenvalue weighted by molar-refractivity contribution is 0.0882. The van der Waals surface area contributed by atoms with Gasteiger partial charge < -0.3 is 10.7 Å². The van der Waals surface area contributed by atoms with Crippen LogP contribution in [0.2, 0.25) is 0 Å². The topological polar surface area (TPSA) is 92.9 Å². The predicted molar refractivity (Wildman–Crippen MR) is 70.9 cm³/mol. The average Bonchev–Trinajstić information content (AvgIpc) is 2.45. The van der Waals surface area contributed by atoms with Crippen molar-refractivity contribution in [1.82, 2.24) is 15.5 Å². The summed E-state index contributed by atoms with van der Waals surface area (Å²) in [5, 5.41) is 10.7. The molecule has 0 atom stereocenters. The van der Waals surface area contributed by atoms with E-state index < -0.39 is 0 Å². The maximum Gasteiger partial charge on any atom is 0.272 e. The zero-order chi connectivity index (χ0) is 13.6. The van der Waals surface area contributed by atoms with Crippen LogP contribution in [0.15, 0.2) is 12.1 Å². The highest BCUT2D eigenvalue weighted by Gasteiger charge is 2.26. The summed E-state index contributed by atoms with van der Waals surface area (Å²) in [6.07, 6.45) is 2.67. The fraction of sp³-hybridized carbons (Fsp3) is 0.583. The van der Waals surface area contributed by atoms with Gasteiger partial charge in [-0.3, -0.25) is 4.79 Å². The second kappa shape index (κ2) is 6.30. The third-order valence-electron chi connectivity index (χ3n) is 3.45. The zero-order valence-electron chi connectivity index (χ0n) is 11.2. The molecule has 0 saturated heterocycles. The van der Waals surface area contributed by atoms with Crippen LogP contribution in [0.3, 0.4) is 0 Å². The van der Waals surface area contributed by atoms with E-state index in [0.29, 0.717) is 11.5 Å². The van der Waals surface area contributed by atoms with Crippen molar-refractivity contribution in [3.8, 4) is 0 Å². The smallest absolute Gasteiger partial charge is 0.272 e. The van der Waals surface area contributed by atoms with Gasteiger partial charge in [-0.15, -0.1) is 10.2 Å². The summed E-state index contributed by atoms with van der Waals surface area (Å²) < 4.78 is 0. The summed E-state index contributed by atoms with van der Waals surface area (Å²) in [4.78, 5) is 12.1. The fourth-order valence-corrected chi connectivity index (χ4v) is 1.85. The Labute approximate surface area is 107 Å². The minimum Gasteiger partial charge on any atom is -0.345 e. The molecule has 0 fully saturated rings. The second-order valence-corrected chi connectivity index (χ2v) is 4.24. The van der Waals surface area contributed by atoms with Gasteiger partial charge in [0.1, 0.15) is 0 Å². The number of nitrogen functional groups attached to an aromatic ring is 1. The maximum atomic E-state index is 12.1. The standard InChI is InChI=1S/C12H21N5O/c1-4-12(5-2,6-3)14-11(18)9-7-8-10(15-13)17-16-9/h7-8H,4-6,13H2,1-3H3,(H,14,18)(H,15,17). The molecule has 0 aromatic carbocycles. The van der Waals surface area contributed by atoms with Gasteiger partial charge in [-0.05, 0) is 31.4 Å². The third kappa shape index (κ3) is 3.16. The van der Waals surface area contributed by atoms with Gasteiger partial charge >= 0.3 is 0 Å². The number of nitrogens with zero attached hydrogens (tertiary/aromatic N) is 2. The van der Waals surface area contributed by atoms with E-state index in [1.54, 1.807) is 12.1 Å². The molecule has 0 aliphatic carbocycles. The molecule has 0 aliphatic heterocycles. The fourth-order valence-electron chi connectivity index (χ4n) is 1.85. The van der Waals surface area contributed by atoms with E-state index in [1.807, 2.05) is 0 Å². The highest BCUT2D eigenvalue weighted by molar-refractivity contribution is 5.92. The number of nitrogens with one attached hydrogen (secondary N) is 2. The molecular weight excluding hydrogens is 230 g/mol. The third-order valence-corrected chi connectivity index (χ3v) is 3.45. The van der Waals surface area contributed by atoms with Crippen LogP contribution in [-0.2, 0) is 0 Å². The molecule has 4 N–H and O–H groups in total. The molecule has 0 unspecified atom stereocenters. The van der Waals surface area contributed by atoms with Crippen molar-refractivity contribution in [3.63, 3.8) is 0 Å². The first kappa shape index (κ1) is 14.4. The molecule has 18 heavy (non-hydrogen) atoms. The van der Waals surface area contributed by atoms with Crippen LogP contribution in [0.5, 0.6) is 0 Å². The zero-order valence-corrected chi connectivity index (χ0v) is 11.2. The lowest BCUT2D eigenvalue weighted by Crippen LogP contribution is -2.47. The van der Waals surface area contributed by atoms with Crippen LogP contribution in [-0.4, -0.2) is 21.6 Å². The predicted octanol–water partition coefficient (Wildman–Crippen LogP) is 1.46. The minimum absolute atomic E-state index is 0.163. The second-order valence-electron chi connectivity index (χ2n) is 4.24. The Bertz CT molecular complexity index is 378. The highest BCUT2D eigenvalue weighted by Crippen LogP contribution is 2.19. The molecule has 0 saturated carbocycles. The normalized spacial score (nSPS) is 11.1. The molecule has 1 aromatic heterocycles. The molecular formula is C12H21N5O. The number of amides is 1. The molecule has 1 amide bonds. The van der Waals surface area contributed by atoms with Crippen molar-refractivity contribution >= 4 is 11.7 Å². The molecule has 1 aromatic rings. The summed E-state index contributed by atoms with van der Waals surface area (Å²) in [5.74, 6) is 5.42. The Hall–Kier alpha value is -1.69. The molecule has 0 radical (unpaired) electrons. The van der Waals surface area contributed by atoms with Crippen LogP contribution in [0, 0.1) is 0 Å². The Morgan fingerprint density at radius 2 is 1.83 bits per heavy atom. The van der Waals surface area contributed by atoms with Gasteiger partial charge in [0, 0.05) is 5.54 Å². The number of hydrogen-bond donors (Lipinski definition) is 3. The van der Waals surface area contributed by atoms with Crippen LogP contribution in [0.4, 0.5) is 5.82 Å². The summed E-state index contributed by atoms with van der Waals surface area (Å²) in [7, 11) is 0. The van der Waals surface area contributed by atoms with E-state index >= 15 is 0 Å². The van der Waals surface area contributed by atoms with Gasteiger partial charge in [0.25, 0.3) is 5.91 Å². The van der Waals surface area contributed by atoms with E-state index in [2.05, 4.69) is 41.7 Å². The molecule has 0 spiro atoms. The van der Waals surface area contributed by atoms with Crippen LogP contribution in [0.25, 0.3) is 0 Å². The summed E-state index contributed by atoms with van der Waals surface area (Å²) in [6, 6.07) is 3.22. The van der Waals surface area contributed by atoms with E-state index in [-0.39, 0.29) is 11.4 Å². The largest absolute Gasteiger partial charge is 0.345 e. The van der Waals surface area contributed by atoms with Crippen molar-refractivity contribution in [2.75, 3.05) is 5.43 Å². The van der Waals surface area contributed by atoms with Gasteiger partial charge in [-0.2, -0.15) is 0 Å². The summed E-state index contributed by atoms with van der Waals surface area (Å²) in [5.41, 5.74) is 2.51. The SMILES string of the molecule is CCC(CC)(CC)NC(=O)c1ccc(NN)nn1. The lowest BCUT2D eigenvalue weighted by Gasteiger charge is -2.31. The van der Waals surface area contributed by atoms with E-state index in [4.69, 9.17) is 5.84 Å². The number of hydrazine groups is 1. The Kier molecular flexibility index (Phi) is 5.03. The number of hydrogen-bond acceptors (Lipinski definition) is 5. The van der Waals surface area contributed by atoms with Crippen LogP contribution >= 0.6 is 0 Å². The number of carbonyl (C=O) groups is 1. The number of carbonyl (C=O) groups excluding carboxylic acids is 1. The number of anilines is 1. The van der Waals surface area contributed by atoms with E-state index in [1.165, 1.54) is 0 Å². The quantitative estimate of drug-likeness (QED) is 0.526. The van der Waals surface area contributed by atoms with Crippen molar-refractivity contribution < 1.29 is 4.79 Å². The molecule has 1 rings (SSSR count). The van der Waals surface area contributed by atoms with Gasteiger partial charge in [-0.1, -0.05) is 20.8 Å². The van der Waals surface area contributed by atoms with Gasteiger partial charge in [-0.25, -0.2) is 5.84 Å². The number of aromatic nitrogens is 2. The number of nitrogens with two attached hydrogens (primary N) is 1. The van der Waals surface area contributed by atoms with E-state index in [9.17, 15) is 4.79 Å².